The molecule has 0 aliphatic heterocycles. The quantitative estimate of drug-likeness (QED) is 0.345. The fraction of sp³-hybridized carbons (Fsp3) is 1.00. The number of rotatable bonds is 0. The van der Waals surface area contributed by atoms with Gasteiger partial charge in [0.05, 0.1) is 0 Å². The van der Waals surface area contributed by atoms with E-state index in [9.17, 15) is 0 Å². The fourth-order valence-corrected chi connectivity index (χ4v) is 14.2. The van der Waals surface area contributed by atoms with Crippen LogP contribution in [-0.4, -0.2) is 0 Å². The molecule has 0 radical (unpaired) electrons. The Bertz CT molecular complexity index is 726. The maximum absolute atomic E-state index is 2.73. The lowest BCUT2D eigenvalue weighted by molar-refractivity contribution is -0.0450. The molecule has 0 nitrogen and oxygen atoms in total. The zero-order valence-electron chi connectivity index (χ0n) is 22.5. The maximum atomic E-state index is 2.73. The summed E-state index contributed by atoms with van der Waals surface area (Å²) in [5.41, 5.74) is 0.732. The SMILES string of the molecule is CC1CC(C)C2C(C1)C1C3C(CCC1C21CC(C)CC(C)C1)CC1CCC2CCCCC2C13. The van der Waals surface area contributed by atoms with Crippen molar-refractivity contribution in [1.29, 1.82) is 0 Å². The summed E-state index contributed by atoms with van der Waals surface area (Å²) in [5, 5.41) is 0. The van der Waals surface area contributed by atoms with Gasteiger partial charge in [-0.2, -0.15) is 0 Å². The molecule has 0 saturated heterocycles. The van der Waals surface area contributed by atoms with Crippen molar-refractivity contribution < 1.29 is 0 Å². The maximum Gasteiger partial charge on any atom is -0.0228 e. The van der Waals surface area contributed by atoms with Crippen molar-refractivity contribution in [3.05, 3.63) is 0 Å². The summed E-state index contributed by atoms with van der Waals surface area (Å²) in [4.78, 5) is 0. The van der Waals surface area contributed by atoms with Gasteiger partial charge >= 0.3 is 0 Å². The molecule has 7 aliphatic carbocycles. The lowest BCUT2D eigenvalue weighted by atomic mass is 9.51. The molecule has 0 bridgehead atoms. The van der Waals surface area contributed by atoms with Crippen LogP contribution in [0.15, 0.2) is 0 Å². The Kier molecular flexibility index (Phi) is 5.39. The van der Waals surface area contributed by atoms with Crippen LogP contribution in [0.4, 0.5) is 0 Å². The minimum atomic E-state index is 0.732. The molecule has 0 N–H and O–H groups in total. The van der Waals surface area contributed by atoms with Crippen LogP contribution in [-0.2, 0) is 0 Å². The van der Waals surface area contributed by atoms with Gasteiger partial charge in [0, 0.05) is 0 Å². The summed E-state index contributed by atoms with van der Waals surface area (Å²) >= 11 is 0. The first kappa shape index (κ1) is 22.2. The molecule has 14 unspecified atom stereocenters. The molecule has 0 heterocycles. The van der Waals surface area contributed by atoms with E-state index >= 15 is 0 Å². The molecule has 0 heteroatoms. The Hall–Kier alpha value is 0. The largest absolute Gasteiger partial charge is 0.0625 e. The summed E-state index contributed by atoms with van der Waals surface area (Å²) in [6.45, 7) is 10.6. The van der Waals surface area contributed by atoms with Gasteiger partial charge in [-0.05, 0) is 159 Å². The summed E-state index contributed by atoms with van der Waals surface area (Å²) in [7, 11) is 0. The Balaban J connectivity index is 1.31. The second kappa shape index (κ2) is 8.00. The van der Waals surface area contributed by atoms with Gasteiger partial charge in [-0.3, -0.25) is 0 Å². The summed E-state index contributed by atoms with van der Waals surface area (Å²) in [6.07, 6.45) is 22.4. The number of hydrogen-bond donors (Lipinski definition) is 0. The molecule has 7 aliphatic rings. The third-order valence-electron chi connectivity index (χ3n) is 13.9. The number of fused-ring (bicyclic) bond motifs is 11. The second-order valence-electron chi connectivity index (χ2n) is 15.8. The molecule has 14 atom stereocenters. The normalized spacial score (nSPS) is 62.2. The molecule has 186 valence electrons. The van der Waals surface area contributed by atoms with Crippen molar-refractivity contribution in [2.24, 2.45) is 88.3 Å². The van der Waals surface area contributed by atoms with Crippen LogP contribution in [0.5, 0.6) is 0 Å². The van der Waals surface area contributed by atoms with Crippen LogP contribution >= 0.6 is 0 Å². The highest BCUT2D eigenvalue weighted by Crippen LogP contribution is 2.75. The average molecular weight is 451 g/mol. The number of hydrogen-bond acceptors (Lipinski definition) is 0. The van der Waals surface area contributed by atoms with Gasteiger partial charge in [0.2, 0.25) is 0 Å². The molecular formula is C33H54. The first-order chi connectivity index (χ1) is 16.0. The molecule has 0 aromatic carbocycles. The predicted octanol–water partition coefficient (Wildman–Crippen LogP) is 9.24. The molecular weight excluding hydrogens is 396 g/mol. The van der Waals surface area contributed by atoms with Crippen LogP contribution in [0.3, 0.4) is 0 Å². The average Bonchev–Trinajstić information content (AvgIpc) is 3.27. The van der Waals surface area contributed by atoms with Gasteiger partial charge < -0.3 is 0 Å². The molecule has 0 aromatic rings. The van der Waals surface area contributed by atoms with Crippen LogP contribution in [0.2, 0.25) is 0 Å². The monoisotopic (exact) mass is 450 g/mol. The minimum absolute atomic E-state index is 0.732. The van der Waals surface area contributed by atoms with Crippen LogP contribution in [0.1, 0.15) is 118 Å². The van der Waals surface area contributed by atoms with Crippen molar-refractivity contribution in [3.8, 4) is 0 Å². The predicted molar refractivity (Wildman–Crippen MR) is 139 cm³/mol. The van der Waals surface area contributed by atoms with Gasteiger partial charge in [0.1, 0.15) is 0 Å². The molecule has 33 heavy (non-hydrogen) atoms. The van der Waals surface area contributed by atoms with Gasteiger partial charge in [-0.1, -0.05) is 47.0 Å². The van der Waals surface area contributed by atoms with Crippen molar-refractivity contribution >= 4 is 0 Å². The topological polar surface area (TPSA) is 0 Å². The van der Waals surface area contributed by atoms with Gasteiger partial charge in [0.25, 0.3) is 0 Å². The Morgan fingerprint density at radius 2 is 1.21 bits per heavy atom. The highest BCUT2D eigenvalue weighted by Gasteiger charge is 2.68. The second-order valence-corrected chi connectivity index (χ2v) is 15.8. The first-order valence-corrected chi connectivity index (χ1v) is 16.0. The van der Waals surface area contributed by atoms with E-state index in [-0.39, 0.29) is 0 Å². The minimum Gasteiger partial charge on any atom is -0.0625 e. The Morgan fingerprint density at radius 3 is 2.03 bits per heavy atom. The molecule has 0 aromatic heterocycles. The summed E-state index contributed by atoms with van der Waals surface area (Å²) < 4.78 is 0. The highest BCUT2D eigenvalue weighted by atomic mass is 14.7. The van der Waals surface area contributed by atoms with Gasteiger partial charge in [-0.15, -0.1) is 0 Å². The smallest absolute Gasteiger partial charge is 0.0228 e. The van der Waals surface area contributed by atoms with E-state index in [4.69, 9.17) is 0 Å². The Labute approximate surface area is 205 Å². The highest BCUT2D eigenvalue weighted by molar-refractivity contribution is 5.16. The summed E-state index contributed by atoms with van der Waals surface area (Å²) in [5.74, 6) is 15.2. The van der Waals surface area contributed by atoms with E-state index in [1.165, 1.54) is 12.8 Å². The van der Waals surface area contributed by atoms with Crippen molar-refractivity contribution in [2.75, 3.05) is 0 Å². The summed E-state index contributed by atoms with van der Waals surface area (Å²) in [6, 6.07) is 0. The lowest BCUT2D eigenvalue weighted by Crippen LogP contribution is -2.46. The molecule has 1 spiro atoms. The van der Waals surface area contributed by atoms with Crippen molar-refractivity contribution in [1.82, 2.24) is 0 Å². The van der Waals surface area contributed by atoms with E-state index in [1.807, 2.05) is 0 Å². The zero-order valence-corrected chi connectivity index (χ0v) is 22.5. The first-order valence-electron chi connectivity index (χ1n) is 16.0. The van der Waals surface area contributed by atoms with E-state index in [0.29, 0.717) is 0 Å². The van der Waals surface area contributed by atoms with Gasteiger partial charge in [-0.25, -0.2) is 0 Å². The van der Waals surface area contributed by atoms with Crippen LogP contribution < -0.4 is 0 Å². The molecule has 7 fully saturated rings. The zero-order chi connectivity index (χ0) is 22.5. The molecule has 7 rings (SSSR count). The van der Waals surface area contributed by atoms with E-state index in [1.54, 1.807) is 77.0 Å². The molecule has 7 saturated carbocycles. The lowest BCUT2D eigenvalue weighted by Gasteiger charge is -2.53. The van der Waals surface area contributed by atoms with Crippen LogP contribution in [0, 0.1) is 88.3 Å². The third kappa shape index (κ3) is 3.19. The van der Waals surface area contributed by atoms with Gasteiger partial charge in [0.15, 0.2) is 0 Å². The Morgan fingerprint density at radius 1 is 0.515 bits per heavy atom. The van der Waals surface area contributed by atoms with Crippen molar-refractivity contribution in [3.63, 3.8) is 0 Å². The van der Waals surface area contributed by atoms with Crippen LogP contribution in [0.25, 0.3) is 0 Å². The fourth-order valence-electron chi connectivity index (χ4n) is 14.2. The van der Waals surface area contributed by atoms with Crippen molar-refractivity contribution in [2.45, 2.75) is 118 Å². The standard InChI is InChI=1S/C33H54/c1-19-14-22(4)32-27(15-19)31-28(33(32)17-20(2)13-21(3)18-33)12-11-25-16-24-10-9-23-7-5-6-8-26(23)29(24)30(25)31/h19-32H,5-18H2,1-4H3. The molecule has 0 amide bonds. The third-order valence-corrected chi connectivity index (χ3v) is 13.9. The van der Waals surface area contributed by atoms with E-state index in [0.717, 1.165) is 88.3 Å². The van der Waals surface area contributed by atoms with E-state index < -0.39 is 0 Å². The van der Waals surface area contributed by atoms with E-state index in [2.05, 4.69) is 27.7 Å².